The third kappa shape index (κ3) is 4.19. The zero-order valence-corrected chi connectivity index (χ0v) is 19.0. The summed E-state index contributed by atoms with van der Waals surface area (Å²) in [6.07, 6.45) is 0.607. The number of ether oxygens (including phenoxy) is 1. The number of benzene rings is 2. The Morgan fingerprint density at radius 1 is 1.03 bits per heavy atom. The summed E-state index contributed by atoms with van der Waals surface area (Å²) in [5.74, 6) is 1.40. The van der Waals surface area contributed by atoms with E-state index in [4.69, 9.17) is 20.4 Å². The first-order valence-electron chi connectivity index (χ1n) is 11.5. The normalized spacial score (nSPS) is 16.9. The predicted octanol–water partition coefficient (Wildman–Crippen LogP) is 4.96. The molecule has 2 aromatic carbocycles. The Morgan fingerprint density at radius 3 is 2.52 bits per heavy atom. The summed E-state index contributed by atoms with van der Waals surface area (Å²) in [6.45, 7) is 7.00. The van der Waals surface area contributed by atoms with Crippen molar-refractivity contribution in [2.45, 2.75) is 45.6 Å². The smallest absolute Gasteiger partial charge is 0.263 e. The topological polar surface area (TPSA) is 76.3 Å². The predicted molar refractivity (Wildman–Crippen MR) is 127 cm³/mol. The number of fused-ring (bicyclic) bond motifs is 3. The Balaban J connectivity index is 1.58. The van der Waals surface area contributed by atoms with Gasteiger partial charge in [-0.1, -0.05) is 0 Å². The number of anilines is 3. The largest absolute Gasteiger partial charge is 0.399 e. The molecule has 0 bridgehead atoms. The Bertz CT molecular complexity index is 1190. The zero-order valence-electron chi connectivity index (χ0n) is 19.0. The number of nitrogens with two attached hydrogens (primary N) is 1. The highest BCUT2D eigenvalue weighted by Gasteiger charge is 2.25. The second-order valence-electron chi connectivity index (χ2n) is 8.92. The first-order valence-corrected chi connectivity index (χ1v) is 11.5. The molecule has 1 saturated heterocycles. The van der Waals surface area contributed by atoms with Crippen LogP contribution in [0.5, 0.6) is 0 Å². The number of nitrogens with one attached hydrogen (secondary N) is 1. The fourth-order valence-electron chi connectivity index (χ4n) is 5.02. The summed E-state index contributed by atoms with van der Waals surface area (Å²) in [6, 6.07) is 6.50. The van der Waals surface area contributed by atoms with Crippen molar-refractivity contribution < 1.29 is 13.5 Å². The summed E-state index contributed by atoms with van der Waals surface area (Å²) < 4.78 is 32.2. The fourth-order valence-corrected chi connectivity index (χ4v) is 5.02. The van der Waals surface area contributed by atoms with Crippen molar-refractivity contribution in [1.82, 2.24) is 9.97 Å². The SMILES string of the molecule is Cc1nc(N[C@H](C)c2cc(N)cc(C(F)F)c2)c2cc(N3CCOCC3)c3c(c2n1)CCC3. The van der Waals surface area contributed by atoms with E-state index >= 15 is 0 Å². The molecule has 2 aliphatic rings. The van der Waals surface area contributed by atoms with Crippen molar-refractivity contribution in [3.8, 4) is 0 Å². The third-order valence-corrected chi connectivity index (χ3v) is 6.61. The van der Waals surface area contributed by atoms with Gasteiger partial charge in [-0.15, -0.1) is 0 Å². The van der Waals surface area contributed by atoms with E-state index < -0.39 is 6.43 Å². The maximum absolute atomic E-state index is 13.3. The first kappa shape index (κ1) is 21.8. The zero-order chi connectivity index (χ0) is 23.1. The van der Waals surface area contributed by atoms with Gasteiger partial charge in [-0.05, 0) is 74.1 Å². The van der Waals surface area contributed by atoms with E-state index in [1.165, 1.54) is 28.9 Å². The molecule has 2 heterocycles. The average Bonchev–Trinajstić information content (AvgIpc) is 3.29. The highest BCUT2D eigenvalue weighted by molar-refractivity contribution is 5.96. The molecule has 174 valence electrons. The monoisotopic (exact) mass is 453 g/mol. The standard InChI is InChI=1S/C25H29F2N5O/c1-14(16-10-17(24(26)27)12-18(28)11-16)29-25-21-13-22(32-6-8-33-9-7-32)19-4-3-5-20(19)23(21)30-15(2)31-25/h10-14,24H,3-9,28H2,1-2H3,(H,29,30,31)/t14-/m1/s1. The molecular weight excluding hydrogens is 424 g/mol. The van der Waals surface area contributed by atoms with Crippen LogP contribution in [0.25, 0.3) is 10.9 Å². The van der Waals surface area contributed by atoms with Gasteiger partial charge in [0.25, 0.3) is 6.43 Å². The van der Waals surface area contributed by atoms with Crippen molar-refractivity contribution >= 4 is 28.1 Å². The van der Waals surface area contributed by atoms with Gasteiger partial charge in [-0.3, -0.25) is 0 Å². The van der Waals surface area contributed by atoms with E-state index in [9.17, 15) is 8.78 Å². The Hall–Kier alpha value is -3.00. The number of rotatable bonds is 5. The maximum Gasteiger partial charge on any atom is 0.263 e. The van der Waals surface area contributed by atoms with Gasteiger partial charge in [0.2, 0.25) is 0 Å². The number of alkyl halides is 2. The lowest BCUT2D eigenvalue weighted by molar-refractivity contribution is 0.122. The molecule has 5 rings (SSSR count). The summed E-state index contributed by atoms with van der Waals surface area (Å²) in [7, 11) is 0. The number of morpholine rings is 1. The molecule has 1 aromatic heterocycles. The Kier molecular flexibility index (Phi) is 5.78. The van der Waals surface area contributed by atoms with Crippen molar-refractivity contribution in [3.63, 3.8) is 0 Å². The molecule has 0 unspecified atom stereocenters. The van der Waals surface area contributed by atoms with E-state index in [0.717, 1.165) is 62.3 Å². The third-order valence-electron chi connectivity index (χ3n) is 6.61. The Morgan fingerprint density at radius 2 is 1.76 bits per heavy atom. The second kappa shape index (κ2) is 8.74. The van der Waals surface area contributed by atoms with Gasteiger partial charge in [0, 0.05) is 35.4 Å². The molecule has 1 aliphatic heterocycles. The van der Waals surface area contributed by atoms with E-state index in [-0.39, 0.29) is 11.6 Å². The number of nitrogens with zero attached hydrogens (tertiary/aromatic N) is 3. The Labute approximate surface area is 192 Å². The number of halogens is 2. The molecule has 8 heteroatoms. The van der Waals surface area contributed by atoms with Crippen LogP contribution in [-0.2, 0) is 17.6 Å². The maximum atomic E-state index is 13.3. The number of hydrogen-bond acceptors (Lipinski definition) is 6. The van der Waals surface area contributed by atoms with Gasteiger partial charge in [-0.25, -0.2) is 18.7 Å². The van der Waals surface area contributed by atoms with Crippen LogP contribution in [0, 0.1) is 6.92 Å². The molecule has 0 radical (unpaired) electrons. The van der Waals surface area contributed by atoms with Crippen LogP contribution >= 0.6 is 0 Å². The number of aryl methyl sites for hydroxylation is 2. The lowest BCUT2D eigenvalue weighted by atomic mass is 10.0. The molecule has 1 aliphatic carbocycles. The second-order valence-corrected chi connectivity index (χ2v) is 8.92. The van der Waals surface area contributed by atoms with Crippen LogP contribution in [0.2, 0.25) is 0 Å². The quantitative estimate of drug-likeness (QED) is 0.532. The van der Waals surface area contributed by atoms with Crippen LogP contribution in [-0.4, -0.2) is 36.3 Å². The summed E-state index contributed by atoms with van der Waals surface area (Å²) >= 11 is 0. The molecule has 0 spiro atoms. The van der Waals surface area contributed by atoms with Gasteiger partial charge in [-0.2, -0.15) is 0 Å². The summed E-state index contributed by atoms with van der Waals surface area (Å²) in [4.78, 5) is 11.9. The minimum Gasteiger partial charge on any atom is -0.399 e. The number of hydrogen-bond donors (Lipinski definition) is 2. The number of nitrogen functional groups attached to an aromatic ring is 1. The molecular formula is C25H29F2N5O. The van der Waals surface area contributed by atoms with Gasteiger partial charge < -0.3 is 20.7 Å². The van der Waals surface area contributed by atoms with Crippen molar-refractivity contribution in [2.75, 3.05) is 42.3 Å². The van der Waals surface area contributed by atoms with Crippen molar-refractivity contribution in [2.24, 2.45) is 0 Å². The molecule has 33 heavy (non-hydrogen) atoms. The van der Waals surface area contributed by atoms with Gasteiger partial charge in [0.05, 0.1) is 24.8 Å². The van der Waals surface area contributed by atoms with Gasteiger partial charge >= 0.3 is 0 Å². The molecule has 1 fully saturated rings. The average molecular weight is 454 g/mol. The highest BCUT2D eigenvalue weighted by Crippen LogP contribution is 2.40. The lowest BCUT2D eigenvalue weighted by Gasteiger charge is -2.31. The van der Waals surface area contributed by atoms with Crippen LogP contribution in [0.4, 0.5) is 26.0 Å². The molecule has 0 amide bonds. The molecule has 3 aromatic rings. The summed E-state index contributed by atoms with van der Waals surface area (Å²) in [5.41, 5.74) is 11.8. The molecule has 1 atom stereocenters. The molecule has 6 nitrogen and oxygen atoms in total. The van der Waals surface area contributed by atoms with E-state index in [2.05, 4.69) is 16.3 Å². The molecule has 0 saturated carbocycles. The summed E-state index contributed by atoms with van der Waals surface area (Å²) in [5, 5.41) is 4.43. The van der Waals surface area contributed by atoms with Crippen molar-refractivity contribution in [3.05, 3.63) is 52.3 Å². The fraction of sp³-hybridized carbons (Fsp3) is 0.440. The van der Waals surface area contributed by atoms with Crippen LogP contribution < -0.4 is 16.0 Å². The van der Waals surface area contributed by atoms with Gasteiger partial charge in [0.15, 0.2) is 0 Å². The highest BCUT2D eigenvalue weighted by atomic mass is 19.3. The molecule has 3 N–H and O–H groups in total. The van der Waals surface area contributed by atoms with E-state index in [0.29, 0.717) is 17.1 Å². The van der Waals surface area contributed by atoms with Crippen LogP contribution in [0.1, 0.15) is 53.9 Å². The lowest BCUT2D eigenvalue weighted by Crippen LogP contribution is -2.36. The minimum absolute atomic E-state index is 0.0743. The van der Waals surface area contributed by atoms with E-state index in [1.807, 2.05) is 13.8 Å². The van der Waals surface area contributed by atoms with E-state index in [1.54, 1.807) is 6.07 Å². The number of aromatic nitrogens is 2. The van der Waals surface area contributed by atoms with Crippen molar-refractivity contribution in [1.29, 1.82) is 0 Å². The van der Waals surface area contributed by atoms with Crippen LogP contribution in [0.3, 0.4) is 0 Å². The first-order chi connectivity index (χ1) is 15.9. The van der Waals surface area contributed by atoms with Crippen LogP contribution in [0.15, 0.2) is 24.3 Å². The minimum atomic E-state index is -2.57. The van der Waals surface area contributed by atoms with Gasteiger partial charge in [0.1, 0.15) is 11.6 Å².